The standard InChI is InChI=1S/C21H19F3N6/c1-12-6-8-29(20-18-13(5-7-25-20)3-2-4-15(18)22)10-14(12)17-9-16(19(23)24)28-21-26-11-27-30(17)21/h2-5,7,9,11-12,14,19H,6,8,10H2,1H3/t12-,14-/m1/s1. The van der Waals surface area contributed by atoms with Crippen molar-refractivity contribution < 1.29 is 13.2 Å². The van der Waals surface area contributed by atoms with Gasteiger partial charge in [0.2, 0.25) is 0 Å². The molecule has 0 N–H and O–H groups in total. The molecular weight excluding hydrogens is 393 g/mol. The van der Waals surface area contributed by atoms with Crippen molar-refractivity contribution in [3.63, 3.8) is 0 Å². The van der Waals surface area contributed by atoms with Crippen LogP contribution in [0.4, 0.5) is 19.0 Å². The third-order valence-electron chi connectivity index (χ3n) is 5.88. The molecule has 1 saturated heterocycles. The number of aromatic nitrogens is 5. The van der Waals surface area contributed by atoms with Crippen molar-refractivity contribution in [3.8, 4) is 0 Å². The number of nitrogens with zero attached hydrogens (tertiary/aromatic N) is 6. The van der Waals surface area contributed by atoms with Crippen molar-refractivity contribution in [2.75, 3.05) is 18.0 Å². The van der Waals surface area contributed by atoms with Crippen LogP contribution < -0.4 is 4.90 Å². The van der Waals surface area contributed by atoms with Crippen LogP contribution in [0.2, 0.25) is 0 Å². The number of piperidine rings is 1. The fourth-order valence-electron chi connectivity index (χ4n) is 4.28. The molecule has 0 saturated carbocycles. The second-order valence-electron chi connectivity index (χ2n) is 7.67. The van der Waals surface area contributed by atoms with Gasteiger partial charge in [0.15, 0.2) is 0 Å². The normalized spacial score (nSPS) is 19.8. The Morgan fingerprint density at radius 2 is 2.03 bits per heavy atom. The molecule has 0 aliphatic carbocycles. The number of halogens is 3. The van der Waals surface area contributed by atoms with Crippen molar-refractivity contribution in [2.45, 2.75) is 25.7 Å². The zero-order valence-corrected chi connectivity index (χ0v) is 16.2. The predicted octanol–water partition coefficient (Wildman–Crippen LogP) is 4.38. The first-order valence-electron chi connectivity index (χ1n) is 9.80. The molecule has 3 aromatic heterocycles. The van der Waals surface area contributed by atoms with E-state index in [4.69, 9.17) is 0 Å². The summed E-state index contributed by atoms with van der Waals surface area (Å²) in [6, 6.07) is 8.14. The average molecular weight is 412 g/mol. The van der Waals surface area contributed by atoms with Gasteiger partial charge in [0.25, 0.3) is 12.2 Å². The third kappa shape index (κ3) is 3.05. The minimum absolute atomic E-state index is 0.118. The first kappa shape index (κ1) is 18.8. The summed E-state index contributed by atoms with van der Waals surface area (Å²) in [5, 5.41) is 5.44. The fourth-order valence-corrected chi connectivity index (χ4v) is 4.28. The molecule has 4 heterocycles. The molecular formula is C21H19F3N6. The van der Waals surface area contributed by atoms with E-state index in [2.05, 4.69) is 27.0 Å². The SMILES string of the molecule is C[C@@H]1CCN(c2nccc3cccc(F)c23)C[C@H]1c1cc(C(F)F)nc2ncnn12. The van der Waals surface area contributed by atoms with Crippen LogP contribution in [0, 0.1) is 11.7 Å². The number of anilines is 1. The lowest BCUT2D eigenvalue weighted by molar-refractivity contribution is 0.146. The largest absolute Gasteiger partial charge is 0.355 e. The van der Waals surface area contributed by atoms with Crippen LogP contribution >= 0.6 is 0 Å². The molecule has 30 heavy (non-hydrogen) atoms. The molecule has 154 valence electrons. The van der Waals surface area contributed by atoms with E-state index in [0.29, 0.717) is 30.0 Å². The Hall–Kier alpha value is -3.23. The number of alkyl halides is 2. The maximum Gasteiger partial charge on any atom is 0.280 e. The molecule has 0 amide bonds. The second-order valence-corrected chi connectivity index (χ2v) is 7.67. The van der Waals surface area contributed by atoms with Crippen LogP contribution in [0.1, 0.15) is 37.1 Å². The Morgan fingerprint density at radius 3 is 2.87 bits per heavy atom. The quantitative estimate of drug-likeness (QED) is 0.500. The summed E-state index contributed by atoms with van der Waals surface area (Å²) in [5.41, 5.74) is 0.315. The van der Waals surface area contributed by atoms with Crippen LogP contribution in [0.3, 0.4) is 0 Å². The highest BCUT2D eigenvalue weighted by Crippen LogP contribution is 2.37. The van der Waals surface area contributed by atoms with Crippen molar-refractivity contribution >= 4 is 22.4 Å². The molecule has 6 nitrogen and oxygen atoms in total. The zero-order valence-electron chi connectivity index (χ0n) is 16.2. The van der Waals surface area contributed by atoms with Gasteiger partial charge in [-0.25, -0.2) is 27.7 Å². The lowest BCUT2D eigenvalue weighted by Crippen LogP contribution is -2.40. The number of hydrogen-bond acceptors (Lipinski definition) is 5. The third-order valence-corrected chi connectivity index (χ3v) is 5.88. The lowest BCUT2D eigenvalue weighted by atomic mass is 9.84. The van der Waals surface area contributed by atoms with Crippen molar-refractivity contribution in [2.24, 2.45) is 5.92 Å². The molecule has 0 unspecified atom stereocenters. The van der Waals surface area contributed by atoms with Gasteiger partial charge in [0.1, 0.15) is 23.7 Å². The number of rotatable bonds is 3. The molecule has 4 aromatic rings. The molecule has 2 atom stereocenters. The van der Waals surface area contributed by atoms with Gasteiger partial charge in [-0.2, -0.15) is 10.1 Å². The highest BCUT2D eigenvalue weighted by atomic mass is 19.3. The van der Waals surface area contributed by atoms with Gasteiger partial charge in [-0.05, 0) is 35.9 Å². The fraction of sp³-hybridized carbons (Fsp3) is 0.333. The molecule has 0 bridgehead atoms. The van der Waals surface area contributed by atoms with Crippen LogP contribution in [-0.4, -0.2) is 37.7 Å². The number of fused-ring (bicyclic) bond motifs is 2. The van der Waals surface area contributed by atoms with E-state index >= 15 is 0 Å². The maximum absolute atomic E-state index is 14.6. The van der Waals surface area contributed by atoms with Crippen molar-refractivity contribution in [1.29, 1.82) is 0 Å². The summed E-state index contributed by atoms with van der Waals surface area (Å²) >= 11 is 0. The topological polar surface area (TPSA) is 59.2 Å². The molecule has 1 aliphatic rings. The van der Waals surface area contributed by atoms with Gasteiger partial charge in [-0.15, -0.1) is 0 Å². The highest BCUT2D eigenvalue weighted by Gasteiger charge is 2.32. The Kier molecular flexibility index (Phi) is 4.52. The van der Waals surface area contributed by atoms with Gasteiger partial charge in [0, 0.05) is 25.2 Å². The Labute approximate surface area is 170 Å². The van der Waals surface area contributed by atoms with Gasteiger partial charge in [0.05, 0.1) is 11.1 Å². The average Bonchev–Trinajstić information content (AvgIpc) is 3.22. The number of hydrogen-bond donors (Lipinski definition) is 0. The molecule has 1 aromatic carbocycles. The van der Waals surface area contributed by atoms with E-state index < -0.39 is 6.43 Å². The summed E-state index contributed by atoms with van der Waals surface area (Å²) in [6.45, 7) is 3.29. The van der Waals surface area contributed by atoms with Crippen LogP contribution in [0.25, 0.3) is 16.6 Å². The summed E-state index contributed by atoms with van der Waals surface area (Å²) in [7, 11) is 0. The molecule has 1 fully saturated rings. The number of pyridine rings is 1. The van der Waals surface area contributed by atoms with Crippen molar-refractivity contribution in [1.82, 2.24) is 24.6 Å². The van der Waals surface area contributed by atoms with E-state index in [1.54, 1.807) is 18.3 Å². The first-order chi connectivity index (χ1) is 14.5. The first-order valence-corrected chi connectivity index (χ1v) is 9.80. The smallest absolute Gasteiger partial charge is 0.280 e. The minimum atomic E-state index is -2.70. The summed E-state index contributed by atoms with van der Waals surface area (Å²) in [6.07, 6.45) is 1.09. The van der Waals surface area contributed by atoms with Crippen LogP contribution in [0.5, 0.6) is 0 Å². The maximum atomic E-state index is 14.6. The Balaban J connectivity index is 1.59. The highest BCUT2D eigenvalue weighted by molar-refractivity contribution is 5.92. The zero-order chi connectivity index (χ0) is 20.8. The van der Waals surface area contributed by atoms with Crippen LogP contribution in [-0.2, 0) is 0 Å². The molecule has 9 heteroatoms. The van der Waals surface area contributed by atoms with E-state index in [9.17, 15) is 13.2 Å². The Bertz CT molecular complexity index is 1220. The molecule has 0 radical (unpaired) electrons. The van der Waals surface area contributed by atoms with Gasteiger partial charge < -0.3 is 4.90 Å². The van der Waals surface area contributed by atoms with E-state index in [-0.39, 0.29) is 29.1 Å². The number of benzene rings is 1. The summed E-state index contributed by atoms with van der Waals surface area (Å²) in [4.78, 5) is 14.4. The minimum Gasteiger partial charge on any atom is -0.355 e. The van der Waals surface area contributed by atoms with E-state index in [0.717, 1.165) is 11.8 Å². The predicted molar refractivity (Wildman–Crippen MR) is 106 cm³/mol. The molecule has 0 spiro atoms. The van der Waals surface area contributed by atoms with Gasteiger partial charge >= 0.3 is 0 Å². The van der Waals surface area contributed by atoms with Crippen LogP contribution in [0.15, 0.2) is 42.9 Å². The van der Waals surface area contributed by atoms with Gasteiger partial charge in [-0.3, -0.25) is 0 Å². The monoisotopic (exact) mass is 412 g/mol. The van der Waals surface area contributed by atoms with Crippen molar-refractivity contribution in [3.05, 3.63) is 60.1 Å². The van der Waals surface area contributed by atoms with E-state index in [1.807, 2.05) is 11.0 Å². The van der Waals surface area contributed by atoms with Gasteiger partial charge in [-0.1, -0.05) is 19.1 Å². The molecule has 1 aliphatic heterocycles. The van der Waals surface area contributed by atoms with E-state index in [1.165, 1.54) is 23.0 Å². The summed E-state index contributed by atoms with van der Waals surface area (Å²) in [5.74, 6) is 0.490. The second kappa shape index (κ2) is 7.23. The molecule has 5 rings (SSSR count). The summed E-state index contributed by atoms with van der Waals surface area (Å²) < 4.78 is 43.0. The lowest BCUT2D eigenvalue weighted by Gasteiger charge is -2.38. The Morgan fingerprint density at radius 1 is 1.17 bits per heavy atom.